The molecule has 0 radical (unpaired) electrons. The highest BCUT2D eigenvalue weighted by atomic mass is 16.5. The van der Waals surface area contributed by atoms with Gasteiger partial charge in [-0.1, -0.05) is 62.4 Å². The second kappa shape index (κ2) is 10.1. The zero-order chi connectivity index (χ0) is 25.2. The lowest BCUT2D eigenvalue weighted by Crippen LogP contribution is -2.56. The normalized spacial score (nSPS) is 21.8. The van der Waals surface area contributed by atoms with E-state index in [1.54, 1.807) is 6.92 Å². The quantitative estimate of drug-likeness (QED) is 0.533. The Balaban J connectivity index is 1.40. The summed E-state index contributed by atoms with van der Waals surface area (Å²) in [4.78, 5) is 37.4. The van der Waals surface area contributed by atoms with E-state index in [0.717, 1.165) is 22.3 Å². The summed E-state index contributed by atoms with van der Waals surface area (Å²) in [5.74, 6) is -1.53. The molecule has 0 spiro atoms. The Hall–Kier alpha value is -3.39. The summed E-state index contributed by atoms with van der Waals surface area (Å²) in [5, 5.41) is 14.9. The molecule has 1 saturated heterocycles. The largest absolute Gasteiger partial charge is 0.480 e. The molecule has 3 atom stereocenters. The molecule has 2 amide bonds. The zero-order valence-corrected chi connectivity index (χ0v) is 20.2. The molecule has 3 N–H and O–H groups in total. The summed E-state index contributed by atoms with van der Waals surface area (Å²) in [6.07, 6.45) is -0.332. The van der Waals surface area contributed by atoms with E-state index in [2.05, 4.69) is 22.8 Å². The van der Waals surface area contributed by atoms with Crippen molar-refractivity contribution < 1.29 is 29.0 Å². The first-order chi connectivity index (χ1) is 16.7. The number of benzene rings is 2. The molecule has 8 nitrogen and oxygen atoms in total. The van der Waals surface area contributed by atoms with Crippen molar-refractivity contribution in [1.82, 2.24) is 10.6 Å². The second-order valence-corrected chi connectivity index (χ2v) is 9.95. The minimum absolute atomic E-state index is 0.0706. The first-order valence-corrected chi connectivity index (χ1v) is 11.9. The van der Waals surface area contributed by atoms with E-state index in [4.69, 9.17) is 9.47 Å². The molecule has 2 aliphatic rings. The maximum atomic E-state index is 13.1. The van der Waals surface area contributed by atoms with Crippen LogP contribution in [0.3, 0.4) is 0 Å². The molecule has 1 aliphatic heterocycles. The number of fused-ring (bicyclic) bond motifs is 3. The number of rotatable bonds is 8. The molecule has 1 aliphatic carbocycles. The lowest BCUT2D eigenvalue weighted by Gasteiger charge is -2.30. The van der Waals surface area contributed by atoms with Gasteiger partial charge in [0.25, 0.3) is 0 Å². The van der Waals surface area contributed by atoms with Crippen molar-refractivity contribution in [2.24, 2.45) is 11.3 Å². The van der Waals surface area contributed by atoms with Crippen molar-refractivity contribution in [1.29, 1.82) is 0 Å². The molecule has 2 aromatic rings. The van der Waals surface area contributed by atoms with Gasteiger partial charge in [-0.25, -0.2) is 9.59 Å². The van der Waals surface area contributed by atoms with E-state index < -0.39 is 35.5 Å². The van der Waals surface area contributed by atoms with Gasteiger partial charge >= 0.3 is 12.1 Å². The monoisotopic (exact) mass is 480 g/mol. The fourth-order valence-electron chi connectivity index (χ4n) is 4.90. The summed E-state index contributed by atoms with van der Waals surface area (Å²) in [7, 11) is 0. The molecule has 2 aromatic carbocycles. The van der Waals surface area contributed by atoms with Crippen LogP contribution in [0, 0.1) is 11.3 Å². The van der Waals surface area contributed by atoms with Crippen LogP contribution in [-0.2, 0) is 19.1 Å². The summed E-state index contributed by atoms with van der Waals surface area (Å²) in [6, 6.07) is 14.5. The molecule has 0 aromatic heterocycles. The number of hydrogen-bond acceptors (Lipinski definition) is 5. The lowest BCUT2D eigenvalue weighted by atomic mass is 9.83. The first-order valence-electron chi connectivity index (χ1n) is 11.9. The van der Waals surface area contributed by atoms with Gasteiger partial charge in [-0.3, -0.25) is 4.79 Å². The predicted molar refractivity (Wildman–Crippen MR) is 130 cm³/mol. The van der Waals surface area contributed by atoms with Gasteiger partial charge in [0.05, 0.1) is 24.7 Å². The minimum atomic E-state index is -1.11. The number of aliphatic carboxylic acids is 1. The smallest absolute Gasteiger partial charge is 0.407 e. The van der Waals surface area contributed by atoms with Crippen LogP contribution in [0.5, 0.6) is 0 Å². The Bertz CT molecular complexity index is 1070. The van der Waals surface area contributed by atoms with Crippen molar-refractivity contribution in [2.75, 3.05) is 19.8 Å². The van der Waals surface area contributed by atoms with Gasteiger partial charge in [-0.05, 0) is 41.5 Å². The van der Waals surface area contributed by atoms with Crippen LogP contribution in [0.15, 0.2) is 48.5 Å². The number of carbonyl (C=O) groups is 3. The number of ether oxygens (including phenoxy) is 2. The first kappa shape index (κ1) is 24.7. The van der Waals surface area contributed by atoms with Crippen molar-refractivity contribution in [3.8, 4) is 11.1 Å². The SMILES string of the molecule is CC(C)C[C@H](NC(=O)C1(C)COCC1NC(=O)OCC1c2ccccc2-c2ccccc21)C(=O)O. The third-order valence-corrected chi connectivity index (χ3v) is 6.92. The van der Waals surface area contributed by atoms with E-state index in [1.807, 2.05) is 50.2 Å². The number of hydrogen-bond donors (Lipinski definition) is 3. The highest BCUT2D eigenvalue weighted by Gasteiger charge is 2.48. The van der Waals surface area contributed by atoms with Gasteiger partial charge in [-0.15, -0.1) is 0 Å². The van der Waals surface area contributed by atoms with Crippen molar-refractivity contribution in [2.45, 2.75) is 45.2 Å². The summed E-state index contributed by atoms with van der Waals surface area (Å²) >= 11 is 0. The van der Waals surface area contributed by atoms with Crippen LogP contribution in [0.4, 0.5) is 4.79 Å². The Morgan fingerprint density at radius 1 is 1.09 bits per heavy atom. The topological polar surface area (TPSA) is 114 Å². The number of amides is 2. The van der Waals surface area contributed by atoms with Crippen molar-refractivity contribution >= 4 is 18.0 Å². The van der Waals surface area contributed by atoms with Gasteiger partial charge in [0, 0.05) is 5.92 Å². The Labute approximate surface area is 205 Å². The van der Waals surface area contributed by atoms with Crippen LogP contribution >= 0.6 is 0 Å². The number of nitrogens with one attached hydrogen (secondary N) is 2. The van der Waals surface area contributed by atoms with Gasteiger partial charge in [-0.2, -0.15) is 0 Å². The number of carbonyl (C=O) groups excluding carboxylic acids is 2. The van der Waals surface area contributed by atoms with Gasteiger partial charge < -0.3 is 25.2 Å². The summed E-state index contributed by atoms with van der Waals surface area (Å²) < 4.78 is 11.1. The number of alkyl carbamates (subject to hydrolysis) is 1. The average Bonchev–Trinajstić information content (AvgIpc) is 3.35. The van der Waals surface area contributed by atoms with E-state index in [1.165, 1.54) is 0 Å². The number of carboxylic acid groups (broad SMARTS) is 1. The fraction of sp³-hybridized carbons (Fsp3) is 0.444. The molecule has 1 heterocycles. The molecule has 4 rings (SSSR count). The standard InChI is InChI=1S/C27H32N2O6/c1-16(2)12-22(24(30)31)28-25(32)27(3)15-34-14-23(27)29-26(33)35-13-21-19-10-6-4-8-17(19)18-9-5-7-11-20(18)21/h4-11,16,21-23H,12-15H2,1-3H3,(H,28,32)(H,29,33)(H,30,31)/t22-,23?,27?/m0/s1. The minimum Gasteiger partial charge on any atom is -0.480 e. The highest BCUT2D eigenvalue weighted by Crippen LogP contribution is 2.44. The van der Waals surface area contributed by atoms with E-state index in [9.17, 15) is 19.5 Å². The van der Waals surface area contributed by atoms with Crippen molar-refractivity contribution in [3.63, 3.8) is 0 Å². The summed E-state index contributed by atoms with van der Waals surface area (Å²) in [5.41, 5.74) is 3.38. The van der Waals surface area contributed by atoms with Crippen LogP contribution in [0.2, 0.25) is 0 Å². The lowest BCUT2D eigenvalue weighted by molar-refractivity contribution is -0.144. The van der Waals surface area contributed by atoms with Crippen LogP contribution in [0.1, 0.15) is 44.2 Å². The molecule has 8 heteroatoms. The molecule has 2 unspecified atom stereocenters. The third kappa shape index (κ3) is 5.03. The van der Waals surface area contributed by atoms with E-state index in [0.29, 0.717) is 6.42 Å². The van der Waals surface area contributed by atoms with E-state index in [-0.39, 0.29) is 31.7 Å². The van der Waals surface area contributed by atoms with Crippen LogP contribution in [-0.4, -0.2) is 55.0 Å². The van der Waals surface area contributed by atoms with E-state index >= 15 is 0 Å². The Morgan fingerprint density at radius 3 is 2.26 bits per heavy atom. The van der Waals surface area contributed by atoms with Crippen LogP contribution < -0.4 is 10.6 Å². The van der Waals surface area contributed by atoms with Gasteiger partial charge in [0.15, 0.2) is 0 Å². The fourth-order valence-corrected chi connectivity index (χ4v) is 4.90. The number of carboxylic acids is 1. The zero-order valence-electron chi connectivity index (χ0n) is 20.2. The maximum Gasteiger partial charge on any atom is 0.407 e. The van der Waals surface area contributed by atoms with Crippen LogP contribution in [0.25, 0.3) is 11.1 Å². The highest BCUT2D eigenvalue weighted by molar-refractivity contribution is 5.88. The average molecular weight is 481 g/mol. The molecule has 0 bridgehead atoms. The van der Waals surface area contributed by atoms with Gasteiger partial charge in [0.1, 0.15) is 12.6 Å². The predicted octanol–water partition coefficient (Wildman–Crippen LogP) is 3.55. The van der Waals surface area contributed by atoms with Gasteiger partial charge in [0.2, 0.25) is 5.91 Å². The molecule has 35 heavy (non-hydrogen) atoms. The summed E-state index contributed by atoms with van der Waals surface area (Å²) in [6.45, 7) is 5.81. The second-order valence-electron chi connectivity index (χ2n) is 9.95. The molecule has 1 fully saturated rings. The molecular formula is C27H32N2O6. The Morgan fingerprint density at radius 2 is 1.69 bits per heavy atom. The van der Waals surface area contributed by atoms with Crippen molar-refractivity contribution in [3.05, 3.63) is 59.7 Å². The third-order valence-electron chi connectivity index (χ3n) is 6.92. The molecular weight excluding hydrogens is 448 g/mol. The molecule has 186 valence electrons. The maximum absolute atomic E-state index is 13.1. The molecule has 0 saturated carbocycles. The Kier molecular flexibility index (Phi) is 7.12.